The predicted molar refractivity (Wildman–Crippen MR) is 268 cm³/mol. The summed E-state index contributed by atoms with van der Waals surface area (Å²) in [6, 6.07) is 35.0. The molecule has 70 heavy (non-hydrogen) atoms. The van der Waals surface area contributed by atoms with Gasteiger partial charge in [-0.25, -0.2) is 23.0 Å². The third kappa shape index (κ3) is 14.0. The first-order chi connectivity index (χ1) is 34.1. The molecule has 4 aliphatic rings. The van der Waals surface area contributed by atoms with Gasteiger partial charge in [0.25, 0.3) is 0 Å². The monoisotopic (exact) mass is 996 g/mol. The fourth-order valence-electron chi connectivity index (χ4n) is 9.35. The highest BCUT2D eigenvalue weighted by Crippen LogP contribution is 2.46. The second kappa shape index (κ2) is 24.9. The van der Waals surface area contributed by atoms with E-state index in [-0.39, 0.29) is 42.9 Å². The number of alkyl carbamates (subject to hydrolysis) is 1. The number of fused-ring (bicyclic) bond motifs is 4. The molecule has 0 aliphatic carbocycles. The molecule has 4 aromatic carbocycles. The molecule has 0 bridgehead atoms. The second-order valence-corrected chi connectivity index (χ2v) is 21.3. The minimum atomic E-state index is -3.50. The summed E-state index contributed by atoms with van der Waals surface area (Å²) in [6.07, 6.45) is 3.37. The van der Waals surface area contributed by atoms with E-state index in [0.29, 0.717) is 100 Å². The number of aliphatic imine (C=N–C) groups is 1. The van der Waals surface area contributed by atoms with Crippen LogP contribution in [0.1, 0.15) is 60.5 Å². The van der Waals surface area contributed by atoms with Crippen LogP contribution in [0.25, 0.3) is 0 Å². The lowest BCUT2D eigenvalue weighted by Gasteiger charge is -2.34. The highest BCUT2D eigenvalue weighted by molar-refractivity contribution is 8.00. The molecule has 0 radical (unpaired) electrons. The van der Waals surface area contributed by atoms with Crippen LogP contribution in [0.3, 0.4) is 0 Å². The number of urea groups is 1. The number of carbonyl (C=O) groups excluding carboxylic acids is 3. The van der Waals surface area contributed by atoms with Crippen LogP contribution in [-0.4, -0.2) is 137 Å². The second-order valence-electron chi connectivity index (χ2n) is 18.0. The van der Waals surface area contributed by atoms with E-state index in [1.807, 2.05) is 72.4 Å². The van der Waals surface area contributed by atoms with E-state index >= 15 is 0 Å². The standard InChI is InChI=1S/C52H64N6O10S2/c59-46(19-10-9-18-45-47-44(36-69-45)55-50(60)56-47)53-24-29-64-31-32-65-30-25-54-51(61)67-28-11-27-66-41-22-20-39(21-23-41)49-57-52(34-38-12-3-1-4-13-38)37-58(26-33-70(62,63)42-15-5-2-6-16-42)35-40-14-7-8-17-43(40)48(52)68-49/h1-8,12-17,20-23,44-45,47-48H,9-11,18-19,24-37H2,(H,53,59)(H,54,61)(H2,55,56,60)/t44-,45-,47-,48-,52+/m0/s1. The fourth-order valence-corrected chi connectivity index (χ4v) is 12.2. The minimum Gasteiger partial charge on any atom is -0.493 e. The fraction of sp³-hybridized carbons (Fsp3) is 0.462. The summed E-state index contributed by atoms with van der Waals surface area (Å²) in [6.45, 7) is 4.07. The summed E-state index contributed by atoms with van der Waals surface area (Å²) in [7, 11) is -3.50. The van der Waals surface area contributed by atoms with E-state index in [0.717, 1.165) is 47.3 Å². The van der Waals surface area contributed by atoms with Crippen LogP contribution in [0.2, 0.25) is 0 Å². The van der Waals surface area contributed by atoms with E-state index in [1.165, 1.54) is 0 Å². The van der Waals surface area contributed by atoms with Crippen molar-refractivity contribution < 1.29 is 46.5 Å². The number of unbranched alkanes of at least 4 members (excludes halogenated alkanes) is 1. The lowest BCUT2D eigenvalue weighted by Crippen LogP contribution is -2.45. The number of nitrogens with one attached hydrogen (secondary N) is 4. The maximum Gasteiger partial charge on any atom is 0.407 e. The number of carbonyl (C=O) groups is 3. The topological polar surface area (TPSA) is 195 Å². The Hall–Kier alpha value is -5.66. The molecule has 0 aromatic heterocycles. The molecule has 8 rings (SSSR count). The molecule has 4 heterocycles. The van der Waals surface area contributed by atoms with Gasteiger partial charge in [-0.1, -0.05) is 79.2 Å². The number of hydrogen-bond acceptors (Lipinski definition) is 13. The van der Waals surface area contributed by atoms with E-state index in [4.69, 9.17) is 28.7 Å². The predicted octanol–water partition coefficient (Wildman–Crippen LogP) is 5.85. The normalized spacial score (nSPS) is 21.5. The van der Waals surface area contributed by atoms with Crippen LogP contribution >= 0.6 is 11.8 Å². The molecule has 18 heteroatoms. The molecule has 4 N–H and O–H groups in total. The van der Waals surface area contributed by atoms with Crippen molar-refractivity contribution in [1.29, 1.82) is 0 Å². The van der Waals surface area contributed by atoms with Gasteiger partial charge in [-0.05, 0) is 65.9 Å². The number of benzene rings is 4. The van der Waals surface area contributed by atoms with Gasteiger partial charge in [-0.2, -0.15) is 11.8 Å². The van der Waals surface area contributed by atoms with Crippen LogP contribution < -0.4 is 26.0 Å². The molecule has 0 unspecified atom stereocenters. The Balaban J connectivity index is 0.710. The number of thioether (sulfide) groups is 1. The molecule has 0 spiro atoms. The third-order valence-electron chi connectivity index (χ3n) is 12.8. The molecule has 2 fully saturated rings. The van der Waals surface area contributed by atoms with Crippen LogP contribution in [0, 0.1) is 0 Å². The van der Waals surface area contributed by atoms with Crippen molar-refractivity contribution in [3.8, 4) is 5.75 Å². The molecule has 0 saturated carbocycles. The van der Waals surface area contributed by atoms with Gasteiger partial charge in [0.05, 0.1) is 62.4 Å². The smallest absolute Gasteiger partial charge is 0.407 e. The molecule has 4 amide bonds. The number of hydrogen-bond donors (Lipinski definition) is 4. The molecule has 5 atom stereocenters. The van der Waals surface area contributed by atoms with Gasteiger partial charge in [0, 0.05) is 68.6 Å². The Morgan fingerprint density at radius 2 is 1.54 bits per heavy atom. The lowest BCUT2D eigenvalue weighted by molar-refractivity contribution is -0.121. The Bertz CT molecular complexity index is 2490. The first-order valence-corrected chi connectivity index (χ1v) is 27.0. The number of nitrogens with zero attached hydrogens (tertiary/aromatic N) is 2. The van der Waals surface area contributed by atoms with Crippen LogP contribution in [0.4, 0.5) is 9.59 Å². The van der Waals surface area contributed by atoms with Gasteiger partial charge in [-0.15, -0.1) is 0 Å². The Labute approximate surface area is 414 Å². The van der Waals surface area contributed by atoms with Crippen LogP contribution in [-0.2, 0) is 46.5 Å². The molecule has 374 valence electrons. The van der Waals surface area contributed by atoms with E-state index in [1.54, 1.807) is 24.3 Å². The summed E-state index contributed by atoms with van der Waals surface area (Å²) in [5.41, 5.74) is 3.31. The zero-order valence-electron chi connectivity index (χ0n) is 39.4. The number of rotatable bonds is 26. The zero-order chi connectivity index (χ0) is 48.6. The minimum absolute atomic E-state index is 0.00732. The van der Waals surface area contributed by atoms with Crippen molar-refractivity contribution in [3.05, 3.63) is 131 Å². The van der Waals surface area contributed by atoms with Crippen molar-refractivity contribution in [2.45, 2.75) is 78.9 Å². The SMILES string of the molecule is O=C(CCCC[C@@H]1SC[C@@H]2NC(=O)N[C@@H]21)NCCOCCOCCNC(=O)OCCCOc1ccc(C2=N[C@]3(Cc4ccccc4)CN(CCS(=O)(=O)c4ccccc4)Cc4ccccc4[C@@H]3O2)cc1. The molecule has 2 saturated heterocycles. The summed E-state index contributed by atoms with van der Waals surface area (Å²) < 4.78 is 56.0. The Morgan fingerprint density at radius 3 is 2.33 bits per heavy atom. The van der Waals surface area contributed by atoms with Crippen molar-refractivity contribution in [2.75, 3.05) is 77.3 Å². The summed E-state index contributed by atoms with van der Waals surface area (Å²) >= 11 is 1.89. The van der Waals surface area contributed by atoms with Gasteiger partial charge in [-0.3, -0.25) is 9.69 Å². The third-order valence-corrected chi connectivity index (χ3v) is 16.1. The molecular weight excluding hydrogens is 933 g/mol. The van der Waals surface area contributed by atoms with Crippen molar-refractivity contribution >= 4 is 45.5 Å². The quantitative estimate of drug-likeness (QED) is 0.0434. The lowest BCUT2D eigenvalue weighted by atomic mass is 9.82. The zero-order valence-corrected chi connectivity index (χ0v) is 41.1. The van der Waals surface area contributed by atoms with Gasteiger partial charge in [0.1, 0.15) is 11.3 Å². The van der Waals surface area contributed by atoms with E-state index < -0.39 is 27.6 Å². The average Bonchev–Trinajstić information content (AvgIpc) is 4.03. The summed E-state index contributed by atoms with van der Waals surface area (Å²) in [4.78, 5) is 43.8. The Kier molecular flexibility index (Phi) is 18.1. The molecule has 4 aliphatic heterocycles. The number of sulfone groups is 1. The summed E-state index contributed by atoms with van der Waals surface area (Å²) in [5.74, 6) is 2.10. The van der Waals surface area contributed by atoms with E-state index in [9.17, 15) is 22.8 Å². The Morgan fingerprint density at radius 1 is 0.814 bits per heavy atom. The molecule has 4 aromatic rings. The summed E-state index contributed by atoms with van der Waals surface area (Å²) in [5, 5.41) is 11.9. The first kappa shape index (κ1) is 50.7. The average molecular weight is 997 g/mol. The molecule has 16 nitrogen and oxygen atoms in total. The van der Waals surface area contributed by atoms with Crippen molar-refractivity contribution in [3.63, 3.8) is 0 Å². The van der Waals surface area contributed by atoms with Crippen LogP contribution in [0.5, 0.6) is 5.75 Å². The van der Waals surface area contributed by atoms with Gasteiger partial charge < -0.3 is 45.0 Å². The highest BCUT2D eigenvalue weighted by atomic mass is 32.2. The number of ether oxygens (including phenoxy) is 5. The highest BCUT2D eigenvalue weighted by Gasteiger charge is 2.51. The maximum atomic E-state index is 13.4. The van der Waals surface area contributed by atoms with Gasteiger partial charge >= 0.3 is 12.1 Å². The van der Waals surface area contributed by atoms with Gasteiger partial charge in [0.15, 0.2) is 15.9 Å². The van der Waals surface area contributed by atoms with Gasteiger partial charge in [0.2, 0.25) is 11.8 Å². The van der Waals surface area contributed by atoms with E-state index in [2.05, 4.69) is 50.4 Å². The first-order valence-electron chi connectivity index (χ1n) is 24.3. The maximum absolute atomic E-state index is 13.4. The van der Waals surface area contributed by atoms with Crippen molar-refractivity contribution in [2.24, 2.45) is 4.99 Å². The number of amides is 4. The van der Waals surface area contributed by atoms with Crippen LogP contribution in [0.15, 0.2) is 119 Å². The van der Waals surface area contributed by atoms with Crippen molar-refractivity contribution in [1.82, 2.24) is 26.2 Å². The largest absolute Gasteiger partial charge is 0.493 e. The molecular formula is C52H64N6O10S2.